The molecule has 1 N–H and O–H groups in total. The van der Waals surface area contributed by atoms with Gasteiger partial charge in [0.2, 0.25) is 0 Å². The molecule has 0 fully saturated rings. The summed E-state index contributed by atoms with van der Waals surface area (Å²) < 4.78 is 2.31. The van der Waals surface area contributed by atoms with Crippen molar-refractivity contribution in [3.63, 3.8) is 0 Å². The first kappa shape index (κ1) is 17.1. The second kappa shape index (κ2) is 7.92. The molecule has 0 atom stereocenters. The van der Waals surface area contributed by atoms with Crippen LogP contribution in [0.5, 0.6) is 0 Å². The monoisotopic (exact) mass is 336 g/mol. The molecule has 0 saturated carbocycles. The number of carbonyl (C=O) groups is 1. The number of para-hydroxylation sites is 2. The molecule has 0 unspecified atom stereocenters. The van der Waals surface area contributed by atoms with Crippen molar-refractivity contribution in [1.29, 1.82) is 0 Å². The number of fused-ring (bicyclic) bond motifs is 1. The molecule has 0 aliphatic heterocycles. The standard InChI is InChI=1S/C20H24N4O/c1-15(2)14-24-18-9-4-3-8-17(18)23-19(24)10-6-12-22-20(25)16-7-5-11-21-13-16/h3-5,7-9,11,13,15H,6,10,12,14H2,1-2H3,(H,22,25). The number of benzene rings is 1. The van der Waals surface area contributed by atoms with E-state index in [4.69, 9.17) is 4.98 Å². The van der Waals surface area contributed by atoms with Gasteiger partial charge in [-0.1, -0.05) is 26.0 Å². The quantitative estimate of drug-likeness (QED) is 0.672. The Morgan fingerprint density at radius 3 is 2.80 bits per heavy atom. The summed E-state index contributed by atoms with van der Waals surface area (Å²) >= 11 is 0. The van der Waals surface area contributed by atoms with Gasteiger partial charge in [0.05, 0.1) is 16.6 Å². The van der Waals surface area contributed by atoms with Crippen molar-refractivity contribution in [2.75, 3.05) is 6.54 Å². The molecular formula is C20H24N4O. The van der Waals surface area contributed by atoms with E-state index in [0.29, 0.717) is 18.0 Å². The average molecular weight is 336 g/mol. The minimum Gasteiger partial charge on any atom is -0.352 e. The Morgan fingerprint density at radius 1 is 1.20 bits per heavy atom. The smallest absolute Gasteiger partial charge is 0.252 e. The van der Waals surface area contributed by atoms with Crippen LogP contribution in [-0.2, 0) is 13.0 Å². The van der Waals surface area contributed by atoms with Gasteiger partial charge in [-0.3, -0.25) is 9.78 Å². The van der Waals surface area contributed by atoms with Gasteiger partial charge in [-0.15, -0.1) is 0 Å². The molecule has 5 nitrogen and oxygen atoms in total. The molecule has 2 heterocycles. The Kier molecular flexibility index (Phi) is 5.43. The van der Waals surface area contributed by atoms with Crippen molar-refractivity contribution in [3.8, 4) is 0 Å². The zero-order valence-electron chi connectivity index (χ0n) is 14.8. The van der Waals surface area contributed by atoms with Crippen LogP contribution >= 0.6 is 0 Å². The number of rotatable bonds is 7. The first-order chi connectivity index (χ1) is 12.1. The first-order valence-corrected chi connectivity index (χ1v) is 8.77. The summed E-state index contributed by atoms with van der Waals surface area (Å²) in [6.07, 6.45) is 4.94. The van der Waals surface area contributed by atoms with Crippen molar-refractivity contribution in [2.45, 2.75) is 33.2 Å². The van der Waals surface area contributed by atoms with Crippen molar-refractivity contribution in [3.05, 3.63) is 60.2 Å². The van der Waals surface area contributed by atoms with Gasteiger partial charge in [-0.05, 0) is 36.6 Å². The largest absolute Gasteiger partial charge is 0.352 e. The number of carbonyl (C=O) groups excluding carboxylic acids is 1. The third kappa shape index (κ3) is 4.24. The molecule has 25 heavy (non-hydrogen) atoms. The summed E-state index contributed by atoms with van der Waals surface area (Å²) in [5.74, 6) is 1.57. The van der Waals surface area contributed by atoms with Crippen molar-refractivity contribution < 1.29 is 4.79 Å². The highest BCUT2D eigenvalue weighted by Gasteiger charge is 2.11. The van der Waals surface area contributed by atoms with Crippen LogP contribution in [0, 0.1) is 5.92 Å². The molecule has 3 aromatic rings. The zero-order chi connectivity index (χ0) is 17.6. The average Bonchev–Trinajstić information content (AvgIpc) is 2.96. The summed E-state index contributed by atoms with van der Waals surface area (Å²) in [6, 6.07) is 11.8. The molecule has 130 valence electrons. The highest BCUT2D eigenvalue weighted by molar-refractivity contribution is 5.93. The maximum absolute atomic E-state index is 12.0. The minimum atomic E-state index is -0.0798. The highest BCUT2D eigenvalue weighted by atomic mass is 16.1. The Hall–Kier alpha value is -2.69. The first-order valence-electron chi connectivity index (χ1n) is 8.77. The normalized spacial score (nSPS) is 11.2. The van der Waals surface area contributed by atoms with E-state index in [0.717, 1.165) is 30.7 Å². The molecule has 3 rings (SSSR count). The Balaban J connectivity index is 1.62. The van der Waals surface area contributed by atoms with Gasteiger partial charge in [0, 0.05) is 31.9 Å². The van der Waals surface area contributed by atoms with Crippen LogP contribution in [0.2, 0.25) is 0 Å². The Bertz CT molecular complexity index is 839. The predicted octanol–water partition coefficient (Wildman–Crippen LogP) is 3.45. The molecule has 0 spiro atoms. The van der Waals surface area contributed by atoms with E-state index in [2.05, 4.69) is 46.9 Å². The molecule has 2 aromatic heterocycles. The topological polar surface area (TPSA) is 59.8 Å². The van der Waals surface area contributed by atoms with Gasteiger partial charge in [0.25, 0.3) is 5.91 Å². The second-order valence-corrected chi connectivity index (χ2v) is 6.62. The summed E-state index contributed by atoms with van der Waals surface area (Å²) in [5, 5.41) is 2.95. The van der Waals surface area contributed by atoms with Gasteiger partial charge in [-0.2, -0.15) is 0 Å². The fourth-order valence-corrected chi connectivity index (χ4v) is 2.93. The molecule has 0 saturated heterocycles. The lowest BCUT2D eigenvalue weighted by atomic mass is 10.2. The molecule has 0 radical (unpaired) electrons. The number of amides is 1. The Morgan fingerprint density at radius 2 is 2.04 bits per heavy atom. The number of hydrogen-bond acceptors (Lipinski definition) is 3. The highest BCUT2D eigenvalue weighted by Crippen LogP contribution is 2.18. The van der Waals surface area contributed by atoms with E-state index in [-0.39, 0.29) is 5.91 Å². The SMILES string of the molecule is CC(C)Cn1c(CCCNC(=O)c2cccnc2)nc2ccccc21. The van der Waals surface area contributed by atoms with E-state index in [1.165, 1.54) is 5.52 Å². The van der Waals surface area contributed by atoms with Gasteiger partial charge in [-0.25, -0.2) is 4.98 Å². The van der Waals surface area contributed by atoms with Crippen LogP contribution in [0.4, 0.5) is 0 Å². The molecule has 1 amide bonds. The number of pyridine rings is 1. The van der Waals surface area contributed by atoms with Gasteiger partial charge in [0.1, 0.15) is 5.82 Å². The third-order valence-corrected chi connectivity index (χ3v) is 4.07. The lowest BCUT2D eigenvalue weighted by Gasteiger charge is -2.12. The van der Waals surface area contributed by atoms with Crippen LogP contribution in [0.1, 0.15) is 36.5 Å². The fourth-order valence-electron chi connectivity index (χ4n) is 2.93. The second-order valence-electron chi connectivity index (χ2n) is 6.62. The van der Waals surface area contributed by atoms with Crippen LogP contribution in [0.25, 0.3) is 11.0 Å². The number of nitrogens with one attached hydrogen (secondary N) is 1. The van der Waals surface area contributed by atoms with Crippen molar-refractivity contribution in [1.82, 2.24) is 19.9 Å². The van der Waals surface area contributed by atoms with Crippen LogP contribution < -0.4 is 5.32 Å². The summed E-state index contributed by atoms with van der Waals surface area (Å²) in [7, 11) is 0. The molecule has 5 heteroatoms. The number of aromatic nitrogens is 3. The van der Waals surface area contributed by atoms with E-state index in [9.17, 15) is 4.79 Å². The Labute approximate surface area is 148 Å². The van der Waals surface area contributed by atoms with Crippen LogP contribution in [0.15, 0.2) is 48.8 Å². The van der Waals surface area contributed by atoms with Crippen LogP contribution in [0.3, 0.4) is 0 Å². The summed E-state index contributed by atoms with van der Waals surface area (Å²) in [6.45, 7) is 6.01. The summed E-state index contributed by atoms with van der Waals surface area (Å²) in [4.78, 5) is 20.8. The molecule has 1 aromatic carbocycles. The van der Waals surface area contributed by atoms with Gasteiger partial charge < -0.3 is 9.88 Å². The van der Waals surface area contributed by atoms with E-state index < -0.39 is 0 Å². The predicted molar refractivity (Wildman–Crippen MR) is 99.5 cm³/mol. The lowest BCUT2D eigenvalue weighted by molar-refractivity contribution is 0.0953. The van der Waals surface area contributed by atoms with E-state index in [1.807, 2.05) is 6.07 Å². The maximum Gasteiger partial charge on any atom is 0.252 e. The minimum absolute atomic E-state index is 0.0798. The van der Waals surface area contributed by atoms with Crippen molar-refractivity contribution in [2.24, 2.45) is 5.92 Å². The lowest BCUT2D eigenvalue weighted by Crippen LogP contribution is -2.25. The molecule has 0 bridgehead atoms. The van der Waals surface area contributed by atoms with E-state index >= 15 is 0 Å². The number of nitrogens with zero attached hydrogens (tertiary/aromatic N) is 3. The van der Waals surface area contributed by atoms with Gasteiger partial charge >= 0.3 is 0 Å². The zero-order valence-corrected chi connectivity index (χ0v) is 14.8. The molecular weight excluding hydrogens is 312 g/mol. The number of imidazole rings is 1. The van der Waals surface area contributed by atoms with Gasteiger partial charge in [0.15, 0.2) is 0 Å². The molecule has 0 aliphatic rings. The number of aryl methyl sites for hydroxylation is 1. The van der Waals surface area contributed by atoms with E-state index in [1.54, 1.807) is 24.5 Å². The van der Waals surface area contributed by atoms with Crippen molar-refractivity contribution >= 4 is 16.9 Å². The fraction of sp³-hybridized carbons (Fsp3) is 0.350. The molecule has 0 aliphatic carbocycles. The third-order valence-electron chi connectivity index (χ3n) is 4.07. The number of hydrogen-bond donors (Lipinski definition) is 1. The maximum atomic E-state index is 12.0. The van der Waals surface area contributed by atoms with Crippen LogP contribution in [-0.4, -0.2) is 27.0 Å². The summed E-state index contributed by atoms with van der Waals surface area (Å²) in [5.41, 5.74) is 2.82.